The van der Waals surface area contributed by atoms with Crippen LogP contribution >= 0.6 is 0 Å². The van der Waals surface area contributed by atoms with Gasteiger partial charge in [-0.1, -0.05) is 91.0 Å². The van der Waals surface area contributed by atoms with Crippen molar-refractivity contribution in [3.05, 3.63) is 108 Å². The zero-order valence-corrected chi connectivity index (χ0v) is 19.4. The Morgan fingerprint density at radius 1 is 0.697 bits per heavy atom. The highest BCUT2D eigenvalue weighted by Gasteiger charge is 2.40. The van der Waals surface area contributed by atoms with Crippen LogP contribution < -0.4 is 0 Å². The van der Waals surface area contributed by atoms with Gasteiger partial charge in [0.15, 0.2) is 0 Å². The summed E-state index contributed by atoms with van der Waals surface area (Å²) in [5.41, 5.74) is 4.02. The molecule has 2 heterocycles. The minimum atomic E-state index is -0.0268. The molecule has 170 valence electrons. The summed E-state index contributed by atoms with van der Waals surface area (Å²) in [5.74, 6) is 1.01. The summed E-state index contributed by atoms with van der Waals surface area (Å²) >= 11 is 0. The lowest BCUT2D eigenvalue weighted by molar-refractivity contribution is -0.138. The average molecular weight is 439 g/mol. The normalized spacial score (nSPS) is 21.9. The van der Waals surface area contributed by atoms with Gasteiger partial charge in [0.2, 0.25) is 5.91 Å². The van der Waals surface area contributed by atoms with Crippen LogP contribution in [0.25, 0.3) is 0 Å². The number of likely N-dealkylation sites (tertiary alicyclic amines) is 2. The topological polar surface area (TPSA) is 23.6 Å². The quantitative estimate of drug-likeness (QED) is 0.480. The van der Waals surface area contributed by atoms with Crippen molar-refractivity contribution >= 4 is 5.91 Å². The Bertz CT molecular complexity index is 1010. The largest absolute Gasteiger partial charge is 0.341 e. The molecule has 0 aromatic heterocycles. The molecular weight excluding hydrogens is 404 g/mol. The van der Waals surface area contributed by atoms with Crippen molar-refractivity contribution in [2.24, 2.45) is 5.92 Å². The predicted octanol–water partition coefficient (Wildman–Crippen LogP) is 5.87. The molecule has 33 heavy (non-hydrogen) atoms. The molecule has 0 N–H and O–H groups in total. The van der Waals surface area contributed by atoms with Gasteiger partial charge in [-0.2, -0.15) is 0 Å². The van der Waals surface area contributed by atoms with E-state index in [4.69, 9.17) is 0 Å². The summed E-state index contributed by atoms with van der Waals surface area (Å²) in [5, 5.41) is 0. The fraction of sp³-hybridized carbons (Fsp3) is 0.367. The Morgan fingerprint density at radius 3 is 1.91 bits per heavy atom. The maximum Gasteiger partial charge on any atom is 0.239 e. The number of piperidine rings is 1. The van der Waals surface area contributed by atoms with E-state index >= 15 is 0 Å². The molecule has 0 saturated carbocycles. The van der Waals surface area contributed by atoms with E-state index in [2.05, 4.69) is 101 Å². The van der Waals surface area contributed by atoms with Crippen molar-refractivity contribution in [1.29, 1.82) is 0 Å². The van der Waals surface area contributed by atoms with Crippen LogP contribution in [0.1, 0.15) is 48.4 Å². The Labute approximate surface area is 198 Å². The SMILES string of the molecule is O=C([C@@H]1CC[C@H](c2ccccc2)N1Cc1ccccc1)N1CCC(Cc2ccccc2)CC1. The first-order valence-electron chi connectivity index (χ1n) is 12.5. The van der Waals surface area contributed by atoms with Gasteiger partial charge in [0.25, 0.3) is 0 Å². The lowest BCUT2D eigenvalue weighted by Crippen LogP contribution is -2.48. The van der Waals surface area contributed by atoms with Crippen LogP contribution in [0.2, 0.25) is 0 Å². The van der Waals surface area contributed by atoms with Gasteiger partial charge in [0.05, 0.1) is 6.04 Å². The number of hydrogen-bond donors (Lipinski definition) is 0. The van der Waals surface area contributed by atoms with Crippen molar-refractivity contribution in [3.63, 3.8) is 0 Å². The molecule has 3 aromatic carbocycles. The van der Waals surface area contributed by atoms with Gasteiger partial charge in [-0.3, -0.25) is 9.69 Å². The van der Waals surface area contributed by atoms with E-state index in [0.717, 1.165) is 51.7 Å². The van der Waals surface area contributed by atoms with E-state index in [1.165, 1.54) is 16.7 Å². The molecule has 3 heteroatoms. The molecule has 0 spiro atoms. The molecule has 0 unspecified atom stereocenters. The number of carbonyl (C=O) groups excluding carboxylic acids is 1. The highest BCUT2D eigenvalue weighted by Crippen LogP contribution is 2.38. The minimum absolute atomic E-state index is 0.0268. The first-order valence-corrected chi connectivity index (χ1v) is 12.5. The van der Waals surface area contributed by atoms with Crippen molar-refractivity contribution in [2.75, 3.05) is 13.1 Å². The van der Waals surface area contributed by atoms with Crippen LogP contribution in [-0.2, 0) is 17.8 Å². The maximum atomic E-state index is 13.7. The van der Waals surface area contributed by atoms with Crippen molar-refractivity contribution < 1.29 is 4.79 Å². The maximum absolute atomic E-state index is 13.7. The van der Waals surface area contributed by atoms with Crippen LogP contribution in [-0.4, -0.2) is 34.8 Å². The number of amides is 1. The van der Waals surface area contributed by atoms with E-state index in [9.17, 15) is 4.79 Å². The summed E-state index contributed by atoms with van der Waals surface area (Å²) in [6, 6.07) is 32.4. The Kier molecular flexibility index (Phi) is 6.87. The fourth-order valence-corrected chi connectivity index (χ4v) is 5.69. The second-order valence-electron chi connectivity index (χ2n) is 9.64. The third kappa shape index (κ3) is 5.20. The van der Waals surface area contributed by atoms with Gasteiger partial charge in [-0.15, -0.1) is 0 Å². The molecule has 2 fully saturated rings. The van der Waals surface area contributed by atoms with Crippen molar-refractivity contribution in [3.8, 4) is 0 Å². The molecule has 3 aromatic rings. The molecule has 2 atom stereocenters. The average Bonchev–Trinajstić information content (AvgIpc) is 3.29. The zero-order valence-electron chi connectivity index (χ0n) is 19.4. The van der Waals surface area contributed by atoms with Crippen LogP contribution in [0, 0.1) is 5.92 Å². The molecule has 0 bridgehead atoms. The molecule has 2 aliphatic heterocycles. The summed E-state index contributed by atoms with van der Waals surface area (Å²) in [6.45, 7) is 2.60. The Morgan fingerprint density at radius 2 is 1.27 bits per heavy atom. The number of rotatable bonds is 6. The summed E-state index contributed by atoms with van der Waals surface area (Å²) in [6.07, 6.45) is 5.32. The minimum Gasteiger partial charge on any atom is -0.341 e. The molecular formula is C30H34N2O. The first kappa shape index (κ1) is 21.9. The Balaban J connectivity index is 1.27. The summed E-state index contributed by atoms with van der Waals surface area (Å²) in [4.78, 5) is 18.3. The van der Waals surface area contributed by atoms with E-state index < -0.39 is 0 Å². The molecule has 2 aliphatic rings. The smallest absolute Gasteiger partial charge is 0.239 e. The fourth-order valence-electron chi connectivity index (χ4n) is 5.69. The van der Waals surface area contributed by atoms with Gasteiger partial charge < -0.3 is 4.90 Å². The zero-order chi connectivity index (χ0) is 22.5. The molecule has 1 amide bonds. The molecule has 5 rings (SSSR count). The number of hydrogen-bond acceptors (Lipinski definition) is 2. The van der Waals surface area contributed by atoms with Gasteiger partial charge in [0, 0.05) is 25.7 Å². The second-order valence-corrected chi connectivity index (χ2v) is 9.64. The predicted molar refractivity (Wildman–Crippen MR) is 134 cm³/mol. The van der Waals surface area contributed by atoms with Gasteiger partial charge in [0.1, 0.15) is 0 Å². The van der Waals surface area contributed by atoms with E-state index in [-0.39, 0.29) is 6.04 Å². The van der Waals surface area contributed by atoms with Crippen molar-refractivity contribution in [2.45, 2.75) is 50.7 Å². The summed E-state index contributed by atoms with van der Waals surface area (Å²) < 4.78 is 0. The molecule has 3 nitrogen and oxygen atoms in total. The number of nitrogens with zero attached hydrogens (tertiary/aromatic N) is 2. The lowest BCUT2D eigenvalue weighted by Gasteiger charge is -2.37. The number of benzene rings is 3. The first-order chi connectivity index (χ1) is 16.3. The monoisotopic (exact) mass is 438 g/mol. The van der Waals surface area contributed by atoms with Gasteiger partial charge in [-0.05, 0) is 54.7 Å². The third-order valence-electron chi connectivity index (χ3n) is 7.48. The van der Waals surface area contributed by atoms with E-state index in [1.807, 2.05) is 0 Å². The molecule has 0 radical (unpaired) electrons. The lowest BCUT2D eigenvalue weighted by atomic mass is 9.90. The number of carbonyl (C=O) groups is 1. The third-order valence-corrected chi connectivity index (χ3v) is 7.48. The van der Waals surface area contributed by atoms with Crippen molar-refractivity contribution in [1.82, 2.24) is 9.80 Å². The molecule has 2 saturated heterocycles. The highest BCUT2D eigenvalue weighted by atomic mass is 16.2. The van der Waals surface area contributed by atoms with Crippen LogP contribution in [0.3, 0.4) is 0 Å². The molecule has 0 aliphatic carbocycles. The van der Waals surface area contributed by atoms with Gasteiger partial charge >= 0.3 is 0 Å². The Hall–Kier alpha value is -2.91. The standard InChI is InChI=1S/C30H34N2O/c33-30(31-20-18-25(19-21-31)22-24-10-4-1-5-11-24)29-17-16-28(27-14-8-3-9-15-27)32(29)23-26-12-6-2-7-13-26/h1-15,25,28-29H,16-23H2/t28-,29+/m1/s1. The van der Waals surface area contributed by atoms with Crippen LogP contribution in [0.4, 0.5) is 0 Å². The van der Waals surface area contributed by atoms with E-state index in [0.29, 0.717) is 17.9 Å². The van der Waals surface area contributed by atoms with Gasteiger partial charge in [-0.25, -0.2) is 0 Å². The van der Waals surface area contributed by atoms with Crippen LogP contribution in [0.15, 0.2) is 91.0 Å². The highest BCUT2D eigenvalue weighted by molar-refractivity contribution is 5.82. The summed E-state index contributed by atoms with van der Waals surface area (Å²) in [7, 11) is 0. The van der Waals surface area contributed by atoms with Crippen LogP contribution in [0.5, 0.6) is 0 Å². The second kappa shape index (κ2) is 10.4. The van der Waals surface area contributed by atoms with E-state index in [1.54, 1.807) is 0 Å².